The van der Waals surface area contributed by atoms with Crippen molar-refractivity contribution < 1.29 is 50.8 Å². The Kier molecular flexibility index (Phi) is 13.8. The van der Waals surface area contributed by atoms with E-state index in [1.807, 2.05) is 74.5 Å². The molecule has 292 valence electrons. The van der Waals surface area contributed by atoms with Gasteiger partial charge in [-0.25, -0.2) is 9.68 Å². The number of carboxylic acids is 1. The number of nitrogens with one attached hydrogen (secondary N) is 2. The van der Waals surface area contributed by atoms with Gasteiger partial charge in [-0.05, 0) is 104 Å². The average molecular weight is 809 g/mol. The van der Waals surface area contributed by atoms with Gasteiger partial charge in [0.1, 0.15) is 23.9 Å². The van der Waals surface area contributed by atoms with Gasteiger partial charge in [0, 0.05) is 28.7 Å². The minimum absolute atomic E-state index is 0.0958. The summed E-state index contributed by atoms with van der Waals surface area (Å²) in [5.41, 5.74) is 6.16. The second-order valence-corrected chi connectivity index (χ2v) is 13.7. The van der Waals surface area contributed by atoms with Crippen LogP contribution < -0.4 is 28.1 Å². The molecule has 1 unspecified atom stereocenters. The first-order valence-electron chi connectivity index (χ1n) is 17.2. The molecule has 6 aromatic carbocycles. The van der Waals surface area contributed by atoms with Gasteiger partial charge in [0.25, 0.3) is 18.2 Å². The maximum Gasteiger partial charge on any atom is 0.417 e. The highest BCUT2D eigenvalue weighted by molar-refractivity contribution is 7.90. The Morgan fingerprint density at radius 2 is 1.25 bits per heavy atom. The predicted molar refractivity (Wildman–Crippen MR) is 216 cm³/mol. The van der Waals surface area contributed by atoms with Gasteiger partial charge >= 0.3 is 17.3 Å². The molecule has 0 aromatic heterocycles. The van der Waals surface area contributed by atoms with E-state index < -0.39 is 23.2 Å². The third-order valence-electron chi connectivity index (χ3n) is 8.28. The minimum atomic E-state index is -2.10. The summed E-state index contributed by atoms with van der Waals surface area (Å²) in [6.07, 6.45) is 0.587. The van der Waals surface area contributed by atoms with Gasteiger partial charge in [0.05, 0.1) is 11.1 Å². The topological polar surface area (TPSA) is 171 Å². The highest BCUT2D eigenvalue weighted by Crippen LogP contribution is 2.29. The first kappa shape index (κ1) is 40.3. The summed E-state index contributed by atoms with van der Waals surface area (Å²) in [4.78, 5) is 34.7. The average Bonchev–Trinajstić information content (AvgIpc) is 3.20. The van der Waals surface area contributed by atoms with Crippen LogP contribution in [0.25, 0.3) is 0 Å². The Morgan fingerprint density at radius 1 is 0.667 bits per heavy atom. The fourth-order valence-corrected chi connectivity index (χ4v) is 6.22. The molecule has 6 aromatic rings. The first-order valence-corrected chi connectivity index (χ1v) is 18.9. The van der Waals surface area contributed by atoms with Crippen molar-refractivity contribution in [2.75, 3.05) is 10.6 Å². The first-order chi connectivity index (χ1) is 27.6. The van der Waals surface area contributed by atoms with Crippen LogP contribution in [0.1, 0.15) is 48.5 Å². The summed E-state index contributed by atoms with van der Waals surface area (Å²) in [5, 5.41) is 24.9. The Hall–Kier alpha value is -6.36. The molecule has 4 N–H and O–H groups in total. The standard InChI is InChI=1S/C42H36N2O11S2/c1-27-3-16-34(17-4-27)51-55-56-52-36-21-22-38(42(46)47)39(24-36)41(45)44-33-14-9-30(10-15-33)23-29-7-12-32(13-8-29)43-40-25-37(20-11-31(40)26-50-48)54-57(49)53-35-18-5-28(2)6-19-35/h3-22,24-25,43,48H,23,26H2,1-2H3,(H,44,45)(H,46,47). The molecule has 0 spiro atoms. The number of hydrogen-bond donors (Lipinski definition) is 4. The number of hydrogen-bond acceptors (Lipinski definition) is 12. The summed E-state index contributed by atoms with van der Waals surface area (Å²) < 4.78 is 33.8. The van der Waals surface area contributed by atoms with Gasteiger partial charge in [-0.3, -0.25) is 10.1 Å². The van der Waals surface area contributed by atoms with E-state index >= 15 is 0 Å². The largest absolute Gasteiger partial charge is 0.478 e. The Labute approximate surface area is 335 Å². The third-order valence-corrected chi connectivity index (χ3v) is 9.32. The number of anilines is 3. The van der Waals surface area contributed by atoms with Crippen molar-refractivity contribution in [3.63, 3.8) is 0 Å². The van der Waals surface area contributed by atoms with E-state index in [0.29, 0.717) is 47.2 Å². The van der Waals surface area contributed by atoms with E-state index in [9.17, 15) is 18.9 Å². The lowest BCUT2D eigenvalue weighted by molar-refractivity contribution is -0.252. The monoisotopic (exact) mass is 808 g/mol. The van der Waals surface area contributed by atoms with Gasteiger partial charge < -0.3 is 33.2 Å². The molecule has 0 fully saturated rings. The number of aromatic carboxylic acids is 1. The van der Waals surface area contributed by atoms with Crippen molar-refractivity contribution in [2.24, 2.45) is 0 Å². The molecular formula is C42H36N2O11S2. The van der Waals surface area contributed by atoms with Crippen LogP contribution in [-0.2, 0) is 33.6 Å². The maximum atomic E-state index is 13.2. The van der Waals surface area contributed by atoms with E-state index in [1.165, 1.54) is 18.2 Å². The van der Waals surface area contributed by atoms with Crippen LogP contribution in [0.2, 0.25) is 0 Å². The number of rotatable bonds is 18. The Morgan fingerprint density at radius 3 is 1.88 bits per heavy atom. The molecule has 6 rings (SSSR count). The van der Waals surface area contributed by atoms with Crippen LogP contribution in [0.4, 0.5) is 17.1 Å². The van der Waals surface area contributed by atoms with Crippen molar-refractivity contribution in [3.8, 4) is 23.0 Å². The summed E-state index contributed by atoms with van der Waals surface area (Å²) in [6, 6.07) is 38.0. The molecule has 0 aliphatic heterocycles. The minimum Gasteiger partial charge on any atom is -0.478 e. The van der Waals surface area contributed by atoms with E-state index in [0.717, 1.165) is 27.9 Å². The van der Waals surface area contributed by atoms with E-state index in [4.69, 9.17) is 27.0 Å². The Bertz CT molecular complexity index is 2320. The zero-order valence-electron chi connectivity index (χ0n) is 30.5. The zero-order valence-corrected chi connectivity index (χ0v) is 32.1. The molecule has 0 heterocycles. The van der Waals surface area contributed by atoms with Crippen molar-refractivity contribution in [1.29, 1.82) is 0 Å². The van der Waals surface area contributed by atoms with Crippen molar-refractivity contribution in [3.05, 3.63) is 172 Å². The molecule has 0 radical (unpaired) electrons. The zero-order chi connectivity index (χ0) is 40.1. The fourth-order valence-electron chi connectivity index (χ4n) is 5.34. The van der Waals surface area contributed by atoms with Gasteiger partial charge in [-0.15, -0.1) is 0 Å². The Balaban J connectivity index is 1.03. The van der Waals surface area contributed by atoms with Crippen LogP contribution in [0, 0.1) is 13.8 Å². The number of amides is 1. The SMILES string of the molecule is Cc1ccc(OOSOc2ccc(C(=O)O)c(C(=O)Nc3ccc(Cc4ccc(Nc5cc(OS(=O)Oc6ccc(C)cc6)ccc5COO)cc4)cc3)c2)cc1. The van der Waals surface area contributed by atoms with Crippen LogP contribution in [0.15, 0.2) is 133 Å². The van der Waals surface area contributed by atoms with Gasteiger partial charge in [0.15, 0.2) is 5.75 Å². The third kappa shape index (κ3) is 11.8. The molecule has 0 aliphatic carbocycles. The second kappa shape index (κ2) is 19.5. The highest BCUT2D eigenvalue weighted by Gasteiger charge is 2.19. The molecule has 0 saturated carbocycles. The highest BCUT2D eigenvalue weighted by atomic mass is 32.2. The van der Waals surface area contributed by atoms with Crippen molar-refractivity contribution in [1.82, 2.24) is 0 Å². The maximum absolute atomic E-state index is 13.2. The summed E-state index contributed by atoms with van der Waals surface area (Å²) in [5.74, 6) is -0.584. The van der Waals surface area contributed by atoms with Crippen molar-refractivity contribution >= 4 is 52.6 Å². The summed E-state index contributed by atoms with van der Waals surface area (Å²) >= 11 is -1.59. The van der Waals surface area contributed by atoms with Crippen LogP contribution in [0.3, 0.4) is 0 Å². The number of aryl methyl sites for hydroxylation is 2. The molecular weight excluding hydrogens is 773 g/mol. The normalized spacial score (nSPS) is 11.3. The van der Waals surface area contributed by atoms with Crippen LogP contribution in [0.5, 0.6) is 23.0 Å². The van der Waals surface area contributed by atoms with Crippen LogP contribution in [-0.4, -0.2) is 26.4 Å². The molecule has 1 amide bonds. The molecule has 1 atom stereocenters. The predicted octanol–water partition coefficient (Wildman–Crippen LogP) is 9.57. The molecule has 15 heteroatoms. The van der Waals surface area contributed by atoms with E-state index in [2.05, 4.69) is 15.5 Å². The summed E-state index contributed by atoms with van der Waals surface area (Å²) in [6.45, 7) is 3.78. The van der Waals surface area contributed by atoms with Gasteiger partial charge in [0.2, 0.25) is 0 Å². The lowest BCUT2D eigenvalue weighted by atomic mass is 10.0. The molecule has 0 saturated heterocycles. The molecule has 57 heavy (non-hydrogen) atoms. The fraction of sp³-hybridized carbons (Fsp3) is 0.0952. The van der Waals surface area contributed by atoms with E-state index in [-0.39, 0.29) is 29.2 Å². The lowest BCUT2D eigenvalue weighted by Crippen LogP contribution is -2.16. The number of carbonyl (C=O) groups is 2. The van der Waals surface area contributed by atoms with Crippen LogP contribution >= 0.6 is 12.3 Å². The number of benzene rings is 6. The number of carboxylic acid groups (broad SMARTS) is 1. The second-order valence-electron chi connectivity index (χ2n) is 12.6. The molecule has 0 aliphatic rings. The molecule has 13 nitrogen and oxygen atoms in total. The number of carbonyl (C=O) groups excluding carboxylic acids is 1. The summed E-state index contributed by atoms with van der Waals surface area (Å²) in [7, 11) is 0. The quantitative estimate of drug-likeness (QED) is 0.0280. The van der Waals surface area contributed by atoms with Gasteiger partial charge in [-0.1, -0.05) is 70.1 Å². The van der Waals surface area contributed by atoms with Gasteiger partial charge in [-0.2, -0.15) is 4.21 Å². The molecule has 0 bridgehead atoms. The smallest absolute Gasteiger partial charge is 0.417 e. The lowest BCUT2D eigenvalue weighted by Gasteiger charge is -2.14. The van der Waals surface area contributed by atoms with Crippen molar-refractivity contribution in [2.45, 2.75) is 26.9 Å². The van der Waals surface area contributed by atoms with E-state index in [1.54, 1.807) is 54.6 Å².